The second-order valence-corrected chi connectivity index (χ2v) is 5.34. The summed E-state index contributed by atoms with van der Waals surface area (Å²) in [5.41, 5.74) is 6.74. The van der Waals surface area contributed by atoms with E-state index >= 15 is 0 Å². The van der Waals surface area contributed by atoms with Crippen molar-refractivity contribution in [2.75, 3.05) is 0 Å². The average molecular weight is 335 g/mol. The van der Waals surface area contributed by atoms with Crippen LogP contribution in [0.4, 0.5) is 4.39 Å². The van der Waals surface area contributed by atoms with E-state index in [1.54, 1.807) is 12.1 Å². The van der Waals surface area contributed by atoms with Gasteiger partial charge in [-0.2, -0.15) is 0 Å². The van der Waals surface area contributed by atoms with Crippen LogP contribution in [0.3, 0.4) is 0 Å². The second kappa shape index (κ2) is 6.64. The number of rotatable bonds is 4. The highest BCUT2D eigenvalue weighted by Gasteiger charge is 2.09. The molecule has 0 unspecified atom stereocenters. The van der Waals surface area contributed by atoms with Gasteiger partial charge in [0.1, 0.15) is 18.2 Å². The van der Waals surface area contributed by atoms with Gasteiger partial charge in [-0.05, 0) is 23.8 Å². The van der Waals surface area contributed by atoms with Gasteiger partial charge in [0, 0.05) is 18.2 Å². The molecule has 0 aliphatic rings. The fourth-order valence-corrected chi connectivity index (χ4v) is 2.23. The SMILES string of the molecule is NCc1ccc(F)c(COc2cc(Cl)c(Cl)cc2Cl)c1. The molecule has 6 heteroatoms. The highest BCUT2D eigenvalue weighted by Crippen LogP contribution is 2.34. The molecule has 0 radical (unpaired) electrons. The first-order valence-electron chi connectivity index (χ1n) is 5.76. The van der Waals surface area contributed by atoms with Crippen molar-refractivity contribution in [1.29, 1.82) is 0 Å². The molecule has 0 saturated carbocycles. The molecule has 2 N–H and O–H groups in total. The highest BCUT2D eigenvalue weighted by molar-refractivity contribution is 6.43. The van der Waals surface area contributed by atoms with E-state index in [0.29, 0.717) is 32.9 Å². The van der Waals surface area contributed by atoms with Crippen molar-refractivity contribution >= 4 is 34.8 Å². The summed E-state index contributed by atoms with van der Waals surface area (Å²) in [7, 11) is 0. The predicted octanol–water partition coefficient (Wildman–Crippen LogP) is 4.82. The lowest BCUT2D eigenvalue weighted by Crippen LogP contribution is -2.03. The third kappa shape index (κ3) is 3.55. The Balaban J connectivity index is 2.18. The lowest BCUT2D eigenvalue weighted by molar-refractivity contribution is 0.300. The molecule has 0 amide bonds. The van der Waals surface area contributed by atoms with Crippen LogP contribution < -0.4 is 10.5 Å². The molecular formula is C14H11Cl3FNO. The lowest BCUT2D eigenvalue weighted by atomic mass is 10.1. The van der Waals surface area contributed by atoms with Gasteiger partial charge in [-0.25, -0.2) is 4.39 Å². The Morgan fingerprint density at radius 3 is 2.40 bits per heavy atom. The van der Waals surface area contributed by atoms with Crippen LogP contribution in [-0.2, 0) is 13.2 Å². The number of hydrogen-bond acceptors (Lipinski definition) is 2. The van der Waals surface area contributed by atoms with E-state index in [1.807, 2.05) is 0 Å². The van der Waals surface area contributed by atoms with Crippen molar-refractivity contribution in [2.45, 2.75) is 13.2 Å². The monoisotopic (exact) mass is 333 g/mol. The molecular weight excluding hydrogens is 324 g/mol. The van der Waals surface area contributed by atoms with Gasteiger partial charge >= 0.3 is 0 Å². The molecule has 0 atom stereocenters. The van der Waals surface area contributed by atoms with Gasteiger partial charge < -0.3 is 10.5 Å². The zero-order chi connectivity index (χ0) is 14.7. The molecule has 0 bridgehead atoms. The van der Waals surface area contributed by atoms with Gasteiger partial charge in [0.25, 0.3) is 0 Å². The van der Waals surface area contributed by atoms with E-state index in [4.69, 9.17) is 45.3 Å². The van der Waals surface area contributed by atoms with Crippen LogP contribution in [0.25, 0.3) is 0 Å². The minimum absolute atomic E-state index is 0.0252. The molecule has 2 rings (SSSR count). The summed E-state index contributed by atoms with van der Waals surface area (Å²) in [6.45, 7) is 0.359. The summed E-state index contributed by atoms with van der Waals surface area (Å²) in [5, 5.41) is 0.970. The van der Waals surface area contributed by atoms with E-state index in [0.717, 1.165) is 5.56 Å². The molecule has 0 saturated heterocycles. The van der Waals surface area contributed by atoms with E-state index in [1.165, 1.54) is 18.2 Å². The summed E-state index contributed by atoms with van der Waals surface area (Å²) in [6, 6.07) is 7.62. The topological polar surface area (TPSA) is 35.2 Å². The average Bonchev–Trinajstić information content (AvgIpc) is 2.43. The van der Waals surface area contributed by atoms with E-state index in [2.05, 4.69) is 0 Å². The number of benzene rings is 2. The normalized spacial score (nSPS) is 10.7. The first kappa shape index (κ1) is 15.4. The number of hydrogen-bond donors (Lipinski definition) is 1. The maximum absolute atomic E-state index is 13.7. The maximum Gasteiger partial charge on any atom is 0.139 e. The fourth-order valence-electron chi connectivity index (χ4n) is 1.64. The van der Waals surface area contributed by atoms with Crippen molar-refractivity contribution in [3.05, 3.63) is 62.3 Å². The third-order valence-corrected chi connectivity index (χ3v) is 3.72. The number of ether oxygens (including phenoxy) is 1. The number of nitrogens with two attached hydrogens (primary N) is 1. The van der Waals surface area contributed by atoms with Crippen molar-refractivity contribution in [3.63, 3.8) is 0 Å². The van der Waals surface area contributed by atoms with Crippen LogP contribution in [0.1, 0.15) is 11.1 Å². The third-order valence-electron chi connectivity index (χ3n) is 2.70. The Hall–Kier alpha value is -1.000. The molecule has 2 nitrogen and oxygen atoms in total. The van der Waals surface area contributed by atoms with E-state index in [-0.39, 0.29) is 12.4 Å². The highest BCUT2D eigenvalue weighted by atomic mass is 35.5. The minimum atomic E-state index is -0.363. The van der Waals surface area contributed by atoms with Crippen molar-refractivity contribution in [2.24, 2.45) is 5.73 Å². The summed E-state index contributed by atoms with van der Waals surface area (Å²) in [4.78, 5) is 0. The zero-order valence-corrected chi connectivity index (χ0v) is 12.6. The molecule has 106 valence electrons. The molecule has 2 aromatic rings. The second-order valence-electron chi connectivity index (χ2n) is 4.12. The van der Waals surface area contributed by atoms with Gasteiger partial charge in [0.15, 0.2) is 0 Å². The predicted molar refractivity (Wildman–Crippen MR) is 80.1 cm³/mol. The van der Waals surface area contributed by atoms with Crippen molar-refractivity contribution < 1.29 is 9.13 Å². The van der Waals surface area contributed by atoms with Crippen molar-refractivity contribution in [3.8, 4) is 5.75 Å². The van der Waals surface area contributed by atoms with E-state index < -0.39 is 0 Å². The zero-order valence-electron chi connectivity index (χ0n) is 10.3. The van der Waals surface area contributed by atoms with Crippen LogP contribution in [0.15, 0.2) is 30.3 Å². The fraction of sp³-hybridized carbons (Fsp3) is 0.143. The smallest absolute Gasteiger partial charge is 0.139 e. The Morgan fingerprint density at radius 2 is 1.70 bits per heavy atom. The summed E-state index contributed by atoms with van der Waals surface area (Å²) >= 11 is 17.7. The molecule has 0 aliphatic heterocycles. The van der Waals surface area contributed by atoms with Gasteiger partial charge in [-0.15, -0.1) is 0 Å². The van der Waals surface area contributed by atoms with Crippen LogP contribution >= 0.6 is 34.8 Å². The van der Waals surface area contributed by atoms with Crippen LogP contribution in [0.2, 0.25) is 15.1 Å². The minimum Gasteiger partial charge on any atom is -0.487 e. The first-order valence-corrected chi connectivity index (χ1v) is 6.89. The van der Waals surface area contributed by atoms with Crippen LogP contribution in [0.5, 0.6) is 5.75 Å². The van der Waals surface area contributed by atoms with E-state index in [9.17, 15) is 4.39 Å². The summed E-state index contributed by atoms with van der Waals surface area (Å²) < 4.78 is 19.1. The lowest BCUT2D eigenvalue weighted by Gasteiger charge is -2.11. The Morgan fingerprint density at radius 1 is 1.00 bits per heavy atom. The Bertz CT molecular complexity index is 634. The van der Waals surface area contributed by atoms with Gasteiger partial charge in [0.2, 0.25) is 0 Å². The first-order chi connectivity index (χ1) is 9.51. The maximum atomic E-state index is 13.7. The van der Waals surface area contributed by atoms with Crippen LogP contribution in [0, 0.1) is 5.82 Å². The largest absolute Gasteiger partial charge is 0.487 e. The molecule has 0 aromatic heterocycles. The molecule has 0 fully saturated rings. The Kier molecular flexibility index (Phi) is 5.11. The standard InChI is InChI=1S/C14H11Cl3FNO/c15-10-4-12(17)14(5-11(10)16)20-7-9-3-8(6-19)1-2-13(9)18/h1-5H,6-7,19H2. The number of halogens is 4. The molecule has 0 aliphatic carbocycles. The van der Waals surface area contributed by atoms with Crippen molar-refractivity contribution in [1.82, 2.24) is 0 Å². The molecule has 0 heterocycles. The van der Waals surface area contributed by atoms with Gasteiger partial charge in [-0.1, -0.05) is 40.9 Å². The quantitative estimate of drug-likeness (QED) is 0.813. The Labute approximate surface area is 131 Å². The van der Waals surface area contributed by atoms with Crippen LogP contribution in [-0.4, -0.2) is 0 Å². The molecule has 20 heavy (non-hydrogen) atoms. The molecule has 0 spiro atoms. The van der Waals surface area contributed by atoms with Gasteiger partial charge in [-0.3, -0.25) is 0 Å². The summed E-state index contributed by atoms with van der Waals surface area (Å²) in [6.07, 6.45) is 0. The molecule has 2 aromatic carbocycles. The summed E-state index contributed by atoms with van der Waals surface area (Å²) in [5.74, 6) is -0.0167. The van der Waals surface area contributed by atoms with Gasteiger partial charge in [0.05, 0.1) is 15.1 Å².